The third-order valence-corrected chi connectivity index (χ3v) is 5.58. The lowest BCUT2D eigenvalue weighted by Crippen LogP contribution is -3.06. The first kappa shape index (κ1) is 26.0. The fourth-order valence-corrected chi connectivity index (χ4v) is 3.87. The van der Waals surface area contributed by atoms with Gasteiger partial charge in [-0.15, -0.1) is 0 Å². The Labute approximate surface area is 206 Å². The molecule has 2 unspecified atom stereocenters. The molecule has 0 saturated heterocycles. The van der Waals surface area contributed by atoms with Crippen LogP contribution < -0.4 is 20.4 Å². The fourth-order valence-electron chi connectivity index (χ4n) is 3.87. The Balaban J connectivity index is 1.67. The molecule has 1 aliphatic rings. The summed E-state index contributed by atoms with van der Waals surface area (Å²) in [4.78, 5) is 16.8. The number of amides is 1. The van der Waals surface area contributed by atoms with Gasteiger partial charge in [-0.05, 0) is 37.3 Å². The second-order valence-corrected chi connectivity index (χ2v) is 7.98. The molecule has 3 aromatic rings. The van der Waals surface area contributed by atoms with E-state index in [1.807, 2.05) is 0 Å². The van der Waals surface area contributed by atoms with Crippen LogP contribution in [0.1, 0.15) is 24.3 Å². The van der Waals surface area contributed by atoms with Crippen molar-refractivity contribution in [3.05, 3.63) is 93.8 Å². The number of methoxy groups -OCH3 is 1. The van der Waals surface area contributed by atoms with Gasteiger partial charge in [0.05, 0.1) is 23.9 Å². The first-order valence-electron chi connectivity index (χ1n) is 10.6. The molecule has 3 N–H and O–H groups in total. The standard InChI is InChI=1S/C24H18F6N4O3/c1-11-21(23(35)32-13-6-3-5-12(9-13)24(28,29)30)34(36)22(31-11)19-16(27)10-17(37-2)20(33-19)18-14(25)7-4-8-15(18)26/h3-10,22,31,34H,1-2H3,(H,32,35). The molecule has 2 atom stereocenters. The summed E-state index contributed by atoms with van der Waals surface area (Å²) in [5, 5.41) is 17.0. The van der Waals surface area contributed by atoms with Gasteiger partial charge in [-0.1, -0.05) is 12.1 Å². The van der Waals surface area contributed by atoms with Crippen molar-refractivity contribution < 1.29 is 40.9 Å². The van der Waals surface area contributed by atoms with Gasteiger partial charge in [0.1, 0.15) is 23.1 Å². The van der Waals surface area contributed by atoms with Gasteiger partial charge in [0.25, 0.3) is 0 Å². The molecule has 7 nitrogen and oxygen atoms in total. The molecule has 1 aromatic heterocycles. The predicted molar refractivity (Wildman–Crippen MR) is 119 cm³/mol. The highest BCUT2D eigenvalue weighted by Gasteiger charge is 2.39. The normalized spacial score (nSPS) is 17.5. The van der Waals surface area contributed by atoms with E-state index < -0.39 is 69.0 Å². The number of hydrogen-bond acceptors (Lipinski definition) is 5. The van der Waals surface area contributed by atoms with Gasteiger partial charge in [-0.25, -0.2) is 18.2 Å². The lowest BCUT2D eigenvalue weighted by molar-refractivity contribution is -0.833. The highest BCUT2D eigenvalue weighted by Crippen LogP contribution is 2.35. The Morgan fingerprint density at radius 3 is 2.35 bits per heavy atom. The summed E-state index contributed by atoms with van der Waals surface area (Å²) < 4.78 is 87.8. The molecule has 0 fully saturated rings. The summed E-state index contributed by atoms with van der Waals surface area (Å²) in [5.41, 5.74) is -3.30. The van der Waals surface area contributed by atoms with Crippen molar-refractivity contribution in [1.82, 2.24) is 10.3 Å². The zero-order valence-electron chi connectivity index (χ0n) is 19.1. The zero-order valence-corrected chi connectivity index (χ0v) is 19.1. The van der Waals surface area contributed by atoms with E-state index in [2.05, 4.69) is 15.6 Å². The Kier molecular flexibility index (Phi) is 6.84. The van der Waals surface area contributed by atoms with Crippen molar-refractivity contribution in [2.24, 2.45) is 0 Å². The van der Waals surface area contributed by atoms with Crippen molar-refractivity contribution in [3.8, 4) is 17.0 Å². The molecule has 194 valence electrons. The molecule has 1 amide bonds. The largest absolute Gasteiger partial charge is 0.627 e. The predicted octanol–water partition coefficient (Wildman–Crippen LogP) is 4.05. The smallest absolute Gasteiger partial charge is 0.416 e. The number of carbonyl (C=O) groups excluding carboxylic acids is 1. The molecule has 1 aliphatic heterocycles. The molecule has 0 saturated carbocycles. The molecule has 2 heterocycles. The minimum Gasteiger partial charge on any atom is -0.627 e. The zero-order chi connectivity index (χ0) is 27.1. The van der Waals surface area contributed by atoms with Gasteiger partial charge in [0.15, 0.2) is 11.5 Å². The molecule has 4 rings (SSSR count). The first-order chi connectivity index (χ1) is 17.4. The Morgan fingerprint density at radius 1 is 1.08 bits per heavy atom. The van der Waals surface area contributed by atoms with Crippen LogP contribution in [0.4, 0.5) is 32.0 Å². The van der Waals surface area contributed by atoms with Crippen LogP contribution in [0.2, 0.25) is 0 Å². The minimum absolute atomic E-state index is 0.00452. The lowest BCUT2D eigenvalue weighted by Gasteiger charge is -2.26. The first-order valence-corrected chi connectivity index (χ1v) is 10.6. The minimum atomic E-state index is -4.65. The number of quaternary nitrogens is 1. The number of alkyl halides is 3. The van der Waals surface area contributed by atoms with Crippen LogP contribution in [0.25, 0.3) is 11.3 Å². The number of ether oxygens (including phenoxy) is 1. The van der Waals surface area contributed by atoms with E-state index in [9.17, 15) is 36.3 Å². The number of rotatable bonds is 5. The van der Waals surface area contributed by atoms with E-state index in [1.165, 1.54) is 13.0 Å². The number of allylic oxidation sites excluding steroid dienone is 1. The van der Waals surface area contributed by atoms with Crippen LogP contribution in [0.5, 0.6) is 5.75 Å². The van der Waals surface area contributed by atoms with E-state index in [4.69, 9.17) is 4.74 Å². The maximum Gasteiger partial charge on any atom is 0.416 e. The Morgan fingerprint density at radius 2 is 1.73 bits per heavy atom. The number of carbonyl (C=O) groups is 1. The molecular formula is C24H18F6N4O3. The topological polar surface area (TPSA) is 90.8 Å². The number of pyridine rings is 1. The van der Waals surface area contributed by atoms with Crippen molar-refractivity contribution in [2.45, 2.75) is 19.3 Å². The lowest BCUT2D eigenvalue weighted by atomic mass is 10.1. The number of benzene rings is 2. The van der Waals surface area contributed by atoms with Gasteiger partial charge in [0, 0.05) is 11.8 Å². The van der Waals surface area contributed by atoms with Crippen LogP contribution in [0.3, 0.4) is 0 Å². The van der Waals surface area contributed by atoms with E-state index >= 15 is 0 Å². The number of nitrogens with zero attached hydrogens (tertiary/aromatic N) is 1. The average Bonchev–Trinajstić information content (AvgIpc) is 3.12. The monoisotopic (exact) mass is 524 g/mol. The van der Waals surface area contributed by atoms with Crippen molar-refractivity contribution >= 4 is 11.6 Å². The molecule has 2 aromatic carbocycles. The van der Waals surface area contributed by atoms with Crippen LogP contribution in [-0.4, -0.2) is 18.0 Å². The van der Waals surface area contributed by atoms with Gasteiger partial charge < -0.3 is 25.6 Å². The van der Waals surface area contributed by atoms with Gasteiger partial charge >= 0.3 is 12.1 Å². The molecule has 0 aliphatic carbocycles. The molecule has 0 spiro atoms. The van der Waals surface area contributed by atoms with Crippen molar-refractivity contribution in [1.29, 1.82) is 0 Å². The van der Waals surface area contributed by atoms with Crippen LogP contribution in [-0.2, 0) is 11.0 Å². The Bertz CT molecular complexity index is 1390. The Hall–Kier alpha value is -4.10. The summed E-state index contributed by atoms with van der Waals surface area (Å²) in [5.74, 6) is -4.42. The number of hydrogen-bond donors (Lipinski definition) is 3. The van der Waals surface area contributed by atoms with Gasteiger partial charge in [-0.3, -0.25) is 4.79 Å². The number of anilines is 1. The third kappa shape index (κ3) is 4.95. The highest BCUT2D eigenvalue weighted by atomic mass is 19.4. The number of hydroxylamine groups is 2. The molecule has 13 heteroatoms. The second-order valence-electron chi connectivity index (χ2n) is 7.98. The van der Waals surface area contributed by atoms with Gasteiger partial charge in [-0.2, -0.15) is 13.2 Å². The SMILES string of the molecule is COc1cc(F)c(C2NC(C)=C(C(=O)Nc3cccc(C(F)(F)F)c3)[NH+]2[O-])nc1-c1c(F)cccc1F. The maximum atomic E-state index is 15.0. The van der Waals surface area contributed by atoms with E-state index in [1.54, 1.807) is 0 Å². The van der Waals surface area contributed by atoms with Gasteiger partial charge in [0.2, 0.25) is 11.9 Å². The highest BCUT2D eigenvalue weighted by molar-refractivity contribution is 6.02. The molecule has 0 bridgehead atoms. The second kappa shape index (κ2) is 9.75. The van der Waals surface area contributed by atoms with Crippen LogP contribution in [0, 0.1) is 22.7 Å². The summed E-state index contributed by atoms with van der Waals surface area (Å²) in [6.45, 7) is 1.33. The quantitative estimate of drug-likeness (QED) is 0.346. The molecular weight excluding hydrogens is 506 g/mol. The van der Waals surface area contributed by atoms with Crippen LogP contribution in [0.15, 0.2) is 59.9 Å². The number of halogens is 6. The summed E-state index contributed by atoms with van der Waals surface area (Å²) in [7, 11) is 1.14. The fraction of sp³-hybridized carbons (Fsp3) is 0.167. The maximum absolute atomic E-state index is 15.0. The van der Waals surface area contributed by atoms with E-state index in [-0.39, 0.29) is 17.1 Å². The molecule has 37 heavy (non-hydrogen) atoms. The molecule has 0 radical (unpaired) electrons. The van der Waals surface area contributed by atoms with Crippen molar-refractivity contribution in [3.63, 3.8) is 0 Å². The third-order valence-electron chi connectivity index (χ3n) is 5.58. The number of nitrogens with one attached hydrogen (secondary N) is 3. The summed E-state index contributed by atoms with van der Waals surface area (Å²) >= 11 is 0. The summed E-state index contributed by atoms with van der Waals surface area (Å²) in [6, 6.07) is 7.63. The average molecular weight is 524 g/mol. The van der Waals surface area contributed by atoms with E-state index in [0.29, 0.717) is 6.07 Å². The number of aromatic nitrogens is 1. The van der Waals surface area contributed by atoms with Crippen LogP contribution >= 0.6 is 0 Å². The summed E-state index contributed by atoms with van der Waals surface area (Å²) in [6.07, 6.45) is -6.21. The van der Waals surface area contributed by atoms with E-state index in [0.717, 1.165) is 43.5 Å². The van der Waals surface area contributed by atoms with Crippen molar-refractivity contribution in [2.75, 3.05) is 12.4 Å².